The number of aryl methyl sites for hydroxylation is 1. The van der Waals surface area contributed by atoms with Crippen LogP contribution in [0, 0.1) is 6.92 Å². The van der Waals surface area contributed by atoms with Gasteiger partial charge >= 0.3 is 0 Å². The van der Waals surface area contributed by atoms with Gasteiger partial charge in [-0.05, 0) is 25.8 Å². The molecule has 98 valence electrons. The van der Waals surface area contributed by atoms with Gasteiger partial charge in [0.1, 0.15) is 0 Å². The van der Waals surface area contributed by atoms with Gasteiger partial charge in [0.2, 0.25) is 5.91 Å². The van der Waals surface area contributed by atoms with Gasteiger partial charge in [-0.25, -0.2) is 4.98 Å². The van der Waals surface area contributed by atoms with Crippen LogP contribution in [-0.2, 0) is 4.79 Å². The highest BCUT2D eigenvalue weighted by Crippen LogP contribution is 2.18. The smallest absolute Gasteiger partial charge is 0.244 e. The highest BCUT2D eigenvalue weighted by molar-refractivity contribution is 7.12. The Balaban J connectivity index is 1.86. The van der Waals surface area contributed by atoms with E-state index in [0.29, 0.717) is 0 Å². The summed E-state index contributed by atoms with van der Waals surface area (Å²) in [5.41, 5.74) is 0. The fraction of sp³-hybridized carbons (Fsp3) is 0.538. The molecule has 1 aliphatic carbocycles. The molecule has 0 spiro atoms. The van der Waals surface area contributed by atoms with E-state index < -0.39 is 6.10 Å². The second-order valence-corrected chi connectivity index (χ2v) is 5.85. The van der Waals surface area contributed by atoms with Crippen LogP contribution in [0.15, 0.2) is 12.3 Å². The zero-order valence-corrected chi connectivity index (χ0v) is 11.2. The third kappa shape index (κ3) is 3.65. The van der Waals surface area contributed by atoms with Gasteiger partial charge < -0.3 is 10.4 Å². The average molecular weight is 266 g/mol. The van der Waals surface area contributed by atoms with E-state index in [1.54, 1.807) is 23.6 Å². The summed E-state index contributed by atoms with van der Waals surface area (Å²) < 4.78 is 0. The first kappa shape index (κ1) is 13.2. The number of nitrogens with one attached hydrogen (secondary N) is 1. The second-order valence-electron chi connectivity index (χ2n) is 4.58. The van der Waals surface area contributed by atoms with Crippen LogP contribution in [0.4, 0.5) is 0 Å². The summed E-state index contributed by atoms with van der Waals surface area (Å²) in [4.78, 5) is 16.8. The van der Waals surface area contributed by atoms with Crippen LogP contribution in [0.25, 0.3) is 6.08 Å². The first-order chi connectivity index (χ1) is 8.65. The molecule has 1 amide bonds. The number of amides is 1. The van der Waals surface area contributed by atoms with Crippen LogP contribution >= 0.6 is 11.3 Å². The zero-order chi connectivity index (χ0) is 13.0. The molecule has 1 saturated carbocycles. The monoisotopic (exact) mass is 266 g/mol. The van der Waals surface area contributed by atoms with Crippen molar-refractivity contribution in [2.75, 3.05) is 0 Å². The fourth-order valence-electron chi connectivity index (χ4n) is 2.12. The van der Waals surface area contributed by atoms with E-state index in [9.17, 15) is 9.90 Å². The molecule has 18 heavy (non-hydrogen) atoms. The second kappa shape index (κ2) is 6.11. The van der Waals surface area contributed by atoms with E-state index in [2.05, 4.69) is 10.3 Å². The summed E-state index contributed by atoms with van der Waals surface area (Å²) in [6.45, 7) is 1.93. The molecule has 0 radical (unpaired) electrons. The molecule has 1 heterocycles. The first-order valence-electron chi connectivity index (χ1n) is 6.24. The van der Waals surface area contributed by atoms with Gasteiger partial charge in [-0.1, -0.05) is 12.8 Å². The minimum absolute atomic E-state index is 0.0981. The van der Waals surface area contributed by atoms with Crippen molar-refractivity contribution in [2.24, 2.45) is 0 Å². The van der Waals surface area contributed by atoms with Gasteiger partial charge in [-0.2, -0.15) is 0 Å². The molecule has 2 atom stereocenters. The molecule has 0 saturated heterocycles. The molecule has 5 heteroatoms. The van der Waals surface area contributed by atoms with Gasteiger partial charge in [-0.15, -0.1) is 11.3 Å². The highest BCUT2D eigenvalue weighted by atomic mass is 32.1. The Morgan fingerprint density at radius 3 is 3.00 bits per heavy atom. The summed E-state index contributed by atoms with van der Waals surface area (Å²) in [5.74, 6) is -0.146. The molecule has 2 unspecified atom stereocenters. The molecule has 0 bridgehead atoms. The number of aromatic nitrogens is 1. The number of nitrogens with zero attached hydrogens (tertiary/aromatic N) is 1. The average Bonchev–Trinajstić information content (AvgIpc) is 2.76. The molecule has 2 rings (SSSR count). The lowest BCUT2D eigenvalue weighted by Crippen LogP contribution is -2.44. The minimum Gasteiger partial charge on any atom is -0.391 e. The van der Waals surface area contributed by atoms with E-state index in [1.165, 1.54) is 6.08 Å². The molecule has 4 nitrogen and oxygen atoms in total. The molecule has 1 fully saturated rings. The predicted octanol–water partition coefficient (Wildman–Crippen LogP) is 1.88. The van der Waals surface area contributed by atoms with Gasteiger partial charge in [0, 0.05) is 17.2 Å². The Morgan fingerprint density at radius 2 is 2.33 bits per heavy atom. The first-order valence-corrected chi connectivity index (χ1v) is 7.06. The van der Waals surface area contributed by atoms with Crippen LogP contribution in [-0.4, -0.2) is 28.1 Å². The van der Waals surface area contributed by atoms with Crippen LogP contribution in [0.2, 0.25) is 0 Å². The molecular weight excluding hydrogens is 248 g/mol. The lowest BCUT2D eigenvalue weighted by atomic mass is 9.92. The number of carbonyl (C=O) groups excluding carboxylic acids is 1. The molecule has 1 aromatic heterocycles. The van der Waals surface area contributed by atoms with E-state index in [4.69, 9.17) is 0 Å². The summed E-state index contributed by atoms with van der Waals surface area (Å²) in [7, 11) is 0. The Bertz CT molecular complexity index is 442. The van der Waals surface area contributed by atoms with Crippen LogP contribution < -0.4 is 5.32 Å². The van der Waals surface area contributed by atoms with Crippen LogP contribution in [0.5, 0.6) is 0 Å². The maximum absolute atomic E-state index is 11.7. The number of rotatable bonds is 3. The lowest BCUT2D eigenvalue weighted by molar-refractivity contribution is -0.118. The number of carbonyl (C=O) groups is 1. The number of thiazole rings is 1. The Hall–Kier alpha value is -1.20. The van der Waals surface area contributed by atoms with Crippen molar-refractivity contribution in [3.63, 3.8) is 0 Å². The topological polar surface area (TPSA) is 62.2 Å². The van der Waals surface area contributed by atoms with Crippen molar-refractivity contribution in [1.82, 2.24) is 10.3 Å². The van der Waals surface area contributed by atoms with Gasteiger partial charge in [0.05, 0.1) is 17.2 Å². The van der Waals surface area contributed by atoms with Crippen molar-refractivity contribution in [1.29, 1.82) is 0 Å². The third-order valence-corrected chi connectivity index (χ3v) is 3.97. The normalized spacial score (nSPS) is 24.3. The minimum atomic E-state index is -0.401. The largest absolute Gasteiger partial charge is 0.391 e. The van der Waals surface area contributed by atoms with Crippen LogP contribution in [0.1, 0.15) is 35.6 Å². The third-order valence-electron chi connectivity index (χ3n) is 3.10. The number of hydrogen-bond donors (Lipinski definition) is 2. The molecule has 1 aliphatic rings. The molecular formula is C13H18N2O2S. The summed E-state index contributed by atoms with van der Waals surface area (Å²) >= 11 is 1.55. The lowest BCUT2D eigenvalue weighted by Gasteiger charge is -2.27. The van der Waals surface area contributed by atoms with Crippen molar-refractivity contribution in [2.45, 2.75) is 44.8 Å². The van der Waals surface area contributed by atoms with Gasteiger partial charge in [-0.3, -0.25) is 4.79 Å². The van der Waals surface area contributed by atoms with Gasteiger partial charge in [0.15, 0.2) is 0 Å². The quantitative estimate of drug-likeness (QED) is 0.821. The zero-order valence-electron chi connectivity index (χ0n) is 10.4. The van der Waals surface area contributed by atoms with Crippen molar-refractivity contribution >= 4 is 23.3 Å². The SMILES string of the molecule is Cc1ncc(/C=C/C(=O)NC2CCCCC2O)s1. The van der Waals surface area contributed by atoms with Crippen molar-refractivity contribution < 1.29 is 9.90 Å². The maximum atomic E-state index is 11.7. The molecule has 0 aromatic carbocycles. The maximum Gasteiger partial charge on any atom is 0.244 e. The van der Waals surface area contributed by atoms with E-state index >= 15 is 0 Å². The number of aliphatic hydroxyl groups excluding tert-OH is 1. The number of aliphatic hydroxyl groups is 1. The van der Waals surface area contributed by atoms with Crippen molar-refractivity contribution in [3.8, 4) is 0 Å². The Morgan fingerprint density at radius 1 is 1.56 bits per heavy atom. The van der Waals surface area contributed by atoms with Crippen LogP contribution in [0.3, 0.4) is 0 Å². The predicted molar refractivity (Wildman–Crippen MR) is 72.3 cm³/mol. The standard InChI is InChI=1S/C13H18N2O2S/c1-9-14-8-10(18-9)6-7-13(17)15-11-4-2-3-5-12(11)16/h6-8,11-12,16H,2-5H2,1H3,(H,15,17)/b7-6+. The summed E-state index contributed by atoms with van der Waals surface area (Å²) in [5, 5.41) is 13.6. The van der Waals surface area contributed by atoms with Crippen molar-refractivity contribution in [3.05, 3.63) is 22.2 Å². The van der Waals surface area contributed by atoms with E-state index in [0.717, 1.165) is 35.6 Å². The number of hydrogen-bond acceptors (Lipinski definition) is 4. The van der Waals surface area contributed by atoms with Gasteiger partial charge in [0.25, 0.3) is 0 Å². The van der Waals surface area contributed by atoms with E-state index in [-0.39, 0.29) is 11.9 Å². The Kier molecular flexibility index (Phi) is 4.49. The van der Waals surface area contributed by atoms with E-state index in [1.807, 2.05) is 6.92 Å². The molecule has 1 aromatic rings. The summed E-state index contributed by atoms with van der Waals surface area (Å²) in [6.07, 6.45) is 8.37. The molecule has 2 N–H and O–H groups in total. The Labute approximate surface area is 111 Å². The summed E-state index contributed by atoms with van der Waals surface area (Å²) in [6, 6.07) is -0.0981. The fourth-order valence-corrected chi connectivity index (χ4v) is 2.81. The highest BCUT2D eigenvalue weighted by Gasteiger charge is 2.23. The molecule has 0 aliphatic heterocycles.